The largest absolute Gasteiger partial charge is 0.305 e. The van der Waals surface area contributed by atoms with E-state index < -0.39 is 0 Å². The first-order valence-corrected chi connectivity index (χ1v) is 3.74. The minimum absolute atomic E-state index is 0.521. The smallest absolute Gasteiger partial charge is 0.0572 e. The van der Waals surface area contributed by atoms with Gasteiger partial charge in [0.05, 0.1) is 7.11 Å². The van der Waals surface area contributed by atoms with E-state index in [0.29, 0.717) is 11.7 Å². The molecule has 68 valence electrons. The van der Waals surface area contributed by atoms with Crippen LogP contribution in [0, 0.1) is 0 Å². The van der Waals surface area contributed by atoms with Crippen molar-refractivity contribution in [3.63, 3.8) is 0 Å². The van der Waals surface area contributed by atoms with Crippen molar-refractivity contribution >= 4 is 0 Å². The fraction of sp³-hybridized carbons (Fsp3) is 1.00. The molecule has 0 aliphatic heterocycles. The highest BCUT2D eigenvalue weighted by molar-refractivity contribution is 4.43. The zero-order chi connectivity index (χ0) is 8.53. The molecular formula is C6H17N3O2. The Hall–Kier alpha value is -0.200. The Balaban J connectivity index is 2.80. The van der Waals surface area contributed by atoms with Gasteiger partial charge in [0, 0.05) is 13.1 Å². The summed E-state index contributed by atoms with van der Waals surface area (Å²) in [5.74, 6) is 4.98. The molecule has 0 aliphatic carbocycles. The van der Waals surface area contributed by atoms with Gasteiger partial charge in [-0.25, -0.2) is 11.3 Å². The molecule has 5 nitrogen and oxygen atoms in total. The molecule has 0 unspecified atom stereocenters. The van der Waals surface area contributed by atoms with Gasteiger partial charge in [0.15, 0.2) is 0 Å². The number of hydrogen-bond donors (Lipinski definition) is 3. The van der Waals surface area contributed by atoms with Crippen molar-refractivity contribution in [3.05, 3.63) is 0 Å². The molecule has 0 amide bonds. The number of hydroxylamine groups is 2. The molecule has 11 heavy (non-hydrogen) atoms. The van der Waals surface area contributed by atoms with E-state index in [-0.39, 0.29) is 0 Å². The van der Waals surface area contributed by atoms with Crippen LogP contribution in [0.5, 0.6) is 0 Å². The first kappa shape index (κ1) is 10.8. The van der Waals surface area contributed by atoms with Gasteiger partial charge >= 0.3 is 0 Å². The van der Waals surface area contributed by atoms with E-state index >= 15 is 0 Å². The number of rotatable bonds is 7. The molecule has 5 heteroatoms. The maximum absolute atomic E-state index is 8.53. The van der Waals surface area contributed by atoms with Crippen molar-refractivity contribution < 1.29 is 10.0 Å². The summed E-state index contributed by atoms with van der Waals surface area (Å²) in [4.78, 5) is 4.63. The lowest BCUT2D eigenvalue weighted by molar-refractivity contribution is -0.0939. The van der Waals surface area contributed by atoms with Crippen LogP contribution in [0.3, 0.4) is 0 Å². The van der Waals surface area contributed by atoms with E-state index in [0.717, 1.165) is 25.8 Å². The molecule has 0 spiro atoms. The molecule has 0 heterocycles. The Morgan fingerprint density at radius 2 is 2.18 bits per heavy atom. The second kappa shape index (κ2) is 7.90. The Bertz CT molecular complexity index is 80.2. The Morgan fingerprint density at radius 1 is 1.45 bits per heavy atom. The lowest BCUT2D eigenvalue weighted by Gasteiger charge is -2.06. The fourth-order valence-electron chi connectivity index (χ4n) is 0.750. The molecule has 0 atom stereocenters. The third-order valence-electron chi connectivity index (χ3n) is 1.31. The summed E-state index contributed by atoms with van der Waals surface area (Å²) in [7, 11) is 1.59. The number of nitrogens with zero attached hydrogens (tertiary/aromatic N) is 1. The van der Waals surface area contributed by atoms with Crippen LogP contribution in [-0.2, 0) is 4.84 Å². The molecular weight excluding hydrogens is 146 g/mol. The predicted octanol–water partition coefficient (Wildman–Crippen LogP) is -0.127. The Morgan fingerprint density at radius 3 is 2.73 bits per heavy atom. The van der Waals surface area contributed by atoms with Crippen LogP contribution < -0.4 is 11.3 Å². The summed E-state index contributed by atoms with van der Waals surface area (Å²) >= 11 is 0. The Labute approximate surface area is 67.0 Å². The van der Waals surface area contributed by atoms with Gasteiger partial charge in [0.2, 0.25) is 0 Å². The van der Waals surface area contributed by atoms with Gasteiger partial charge in [-0.1, -0.05) is 6.42 Å². The summed E-state index contributed by atoms with van der Waals surface area (Å²) in [6.07, 6.45) is 2.96. The molecule has 0 aromatic carbocycles. The molecule has 0 aromatic rings. The summed E-state index contributed by atoms with van der Waals surface area (Å²) < 4.78 is 0. The van der Waals surface area contributed by atoms with Crippen LogP contribution in [-0.4, -0.2) is 30.6 Å². The molecule has 4 N–H and O–H groups in total. The first-order chi connectivity index (χ1) is 5.27. The zero-order valence-corrected chi connectivity index (χ0v) is 6.92. The lowest BCUT2D eigenvalue weighted by atomic mass is 10.2. The summed E-state index contributed by atoms with van der Waals surface area (Å²) in [6.45, 7) is 1.36. The van der Waals surface area contributed by atoms with E-state index in [1.54, 1.807) is 7.11 Å². The molecule has 0 saturated heterocycles. The van der Waals surface area contributed by atoms with Crippen LogP contribution in [0.25, 0.3) is 0 Å². The Kier molecular flexibility index (Phi) is 7.76. The number of hydrogen-bond acceptors (Lipinski definition) is 5. The minimum atomic E-state index is 0.521. The van der Waals surface area contributed by atoms with Gasteiger partial charge in [-0.3, -0.25) is 5.21 Å². The molecule has 0 bridgehead atoms. The van der Waals surface area contributed by atoms with Crippen molar-refractivity contribution in [2.45, 2.75) is 19.3 Å². The number of unbranched alkanes of at least 4 members (excludes halogenated alkanes) is 2. The monoisotopic (exact) mass is 163 g/mol. The van der Waals surface area contributed by atoms with Gasteiger partial charge in [0.25, 0.3) is 0 Å². The minimum Gasteiger partial charge on any atom is -0.305 e. The standard InChI is InChI=1S/C6H17N3O2/c1-11-8-5-3-2-4-6-9(7)10/h8,10H,2-7H2,1H3. The molecule has 0 rings (SSSR count). The third-order valence-corrected chi connectivity index (χ3v) is 1.31. The second-order valence-corrected chi connectivity index (χ2v) is 2.32. The third kappa shape index (κ3) is 9.80. The summed E-state index contributed by atoms with van der Waals surface area (Å²) in [5.41, 5.74) is 2.73. The number of hydrazine groups is 1. The normalized spacial score (nSPS) is 10.9. The predicted molar refractivity (Wildman–Crippen MR) is 41.5 cm³/mol. The SMILES string of the molecule is CONCCCCCN(N)O. The van der Waals surface area contributed by atoms with Crippen molar-refractivity contribution in [2.75, 3.05) is 20.2 Å². The average molecular weight is 163 g/mol. The first-order valence-electron chi connectivity index (χ1n) is 3.74. The second-order valence-electron chi connectivity index (χ2n) is 2.32. The van der Waals surface area contributed by atoms with E-state index in [9.17, 15) is 0 Å². The molecule has 0 saturated carbocycles. The maximum atomic E-state index is 8.53. The van der Waals surface area contributed by atoms with Crippen molar-refractivity contribution in [3.8, 4) is 0 Å². The maximum Gasteiger partial charge on any atom is 0.0572 e. The van der Waals surface area contributed by atoms with Gasteiger partial charge in [0.1, 0.15) is 0 Å². The van der Waals surface area contributed by atoms with Gasteiger partial charge in [-0.05, 0) is 12.8 Å². The highest BCUT2D eigenvalue weighted by Gasteiger charge is 1.92. The number of nitrogens with one attached hydrogen (secondary N) is 1. The van der Waals surface area contributed by atoms with E-state index in [1.165, 1.54) is 0 Å². The summed E-state index contributed by atoms with van der Waals surface area (Å²) in [6, 6.07) is 0. The van der Waals surface area contributed by atoms with Gasteiger partial charge < -0.3 is 4.84 Å². The fourth-order valence-corrected chi connectivity index (χ4v) is 0.750. The quantitative estimate of drug-likeness (QED) is 0.277. The highest BCUT2D eigenvalue weighted by Crippen LogP contribution is 1.93. The molecule has 0 fully saturated rings. The van der Waals surface area contributed by atoms with Crippen molar-refractivity contribution in [2.24, 2.45) is 5.84 Å². The zero-order valence-electron chi connectivity index (χ0n) is 6.92. The van der Waals surface area contributed by atoms with Crippen molar-refractivity contribution in [1.29, 1.82) is 0 Å². The van der Waals surface area contributed by atoms with Gasteiger partial charge in [-0.15, -0.1) is 5.17 Å². The molecule has 0 aromatic heterocycles. The van der Waals surface area contributed by atoms with Crippen molar-refractivity contribution in [1.82, 2.24) is 10.7 Å². The van der Waals surface area contributed by atoms with E-state index in [4.69, 9.17) is 11.0 Å². The molecule has 0 radical (unpaired) electrons. The highest BCUT2D eigenvalue weighted by atomic mass is 16.6. The van der Waals surface area contributed by atoms with E-state index in [2.05, 4.69) is 10.3 Å². The van der Waals surface area contributed by atoms with Crippen LogP contribution in [0.15, 0.2) is 0 Å². The van der Waals surface area contributed by atoms with Crippen LogP contribution in [0.1, 0.15) is 19.3 Å². The lowest BCUT2D eigenvalue weighted by Crippen LogP contribution is -2.27. The van der Waals surface area contributed by atoms with Crippen LogP contribution in [0.2, 0.25) is 0 Å². The average Bonchev–Trinajstić information content (AvgIpc) is 1.96. The van der Waals surface area contributed by atoms with Crippen LogP contribution >= 0.6 is 0 Å². The summed E-state index contributed by atoms with van der Waals surface area (Å²) in [5, 5.41) is 9.24. The number of nitrogens with two attached hydrogens (primary N) is 1. The van der Waals surface area contributed by atoms with E-state index in [1.807, 2.05) is 0 Å². The van der Waals surface area contributed by atoms with Crippen LogP contribution in [0.4, 0.5) is 0 Å². The molecule has 0 aliphatic rings. The topological polar surface area (TPSA) is 70.8 Å². The van der Waals surface area contributed by atoms with Gasteiger partial charge in [-0.2, -0.15) is 0 Å².